The van der Waals surface area contributed by atoms with E-state index < -0.39 is 11.9 Å². The van der Waals surface area contributed by atoms with Crippen molar-refractivity contribution in [2.45, 2.75) is 6.04 Å². The number of halogens is 1. The molecule has 0 amide bonds. The summed E-state index contributed by atoms with van der Waals surface area (Å²) < 4.78 is 18.2. The minimum absolute atomic E-state index is 0.0840. The maximum absolute atomic E-state index is 13.4. The third-order valence-electron chi connectivity index (χ3n) is 2.07. The van der Waals surface area contributed by atoms with Gasteiger partial charge in [0.15, 0.2) is 0 Å². The van der Waals surface area contributed by atoms with E-state index in [1.165, 1.54) is 12.1 Å². The van der Waals surface area contributed by atoms with E-state index in [-0.39, 0.29) is 23.9 Å². The van der Waals surface area contributed by atoms with Crippen molar-refractivity contribution < 1.29 is 14.0 Å². The molecule has 84 valence electrons. The summed E-state index contributed by atoms with van der Waals surface area (Å²) in [6.07, 6.45) is 0. The van der Waals surface area contributed by atoms with Gasteiger partial charge in [-0.3, -0.25) is 0 Å². The molecule has 0 unspecified atom stereocenters. The van der Waals surface area contributed by atoms with Gasteiger partial charge in [0, 0.05) is 0 Å². The van der Waals surface area contributed by atoms with E-state index in [1.54, 1.807) is 12.1 Å². The van der Waals surface area contributed by atoms with Gasteiger partial charge < -0.3 is 15.4 Å². The van der Waals surface area contributed by atoms with Crippen LogP contribution in [0.5, 0.6) is 0 Å². The quantitative estimate of drug-likeness (QED) is 0.806. The molecule has 0 aliphatic rings. The van der Waals surface area contributed by atoms with Crippen LogP contribution in [0, 0.1) is 5.82 Å². The number of rotatable bonds is 3. The van der Waals surface area contributed by atoms with Crippen LogP contribution in [0.4, 0.5) is 4.39 Å². The lowest BCUT2D eigenvalue weighted by atomic mass is 10.2. The molecule has 0 saturated carbocycles. The third kappa shape index (κ3) is 1.93. The van der Waals surface area contributed by atoms with E-state index in [0.717, 1.165) is 0 Å². The molecule has 1 heterocycles. The summed E-state index contributed by atoms with van der Waals surface area (Å²) in [5.41, 5.74) is 5.72. The largest absolute Gasteiger partial charge is 0.394 e. The first-order valence-electron chi connectivity index (χ1n) is 4.67. The van der Waals surface area contributed by atoms with Gasteiger partial charge in [-0.05, 0) is 12.1 Å². The second-order valence-corrected chi connectivity index (χ2v) is 3.23. The standard InChI is InChI=1S/C10H10FN3O2/c11-7-4-2-1-3-6(7)9-13-10(16-14-9)8(12)5-15/h1-4,8,15H,5,12H2/t8-/m1/s1. The molecule has 0 spiro atoms. The number of hydrogen-bond donors (Lipinski definition) is 2. The van der Waals surface area contributed by atoms with Crippen LogP contribution < -0.4 is 5.73 Å². The van der Waals surface area contributed by atoms with Gasteiger partial charge in [0.25, 0.3) is 0 Å². The second-order valence-electron chi connectivity index (χ2n) is 3.23. The summed E-state index contributed by atoms with van der Waals surface area (Å²) in [6, 6.07) is 5.33. The van der Waals surface area contributed by atoms with Crippen LogP contribution in [-0.4, -0.2) is 21.9 Å². The zero-order valence-electron chi connectivity index (χ0n) is 8.30. The van der Waals surface area contributed by atoms with E-state index >= 15 is 0 Å². The normalized spacial score (nSPS) is 12.7. The highest BCUT2D eigenvalue weighted by Gasteiger charge is 2.16. The van der Waals surface area contributed by atoms with E-state index in [0.29, 0.717) is 0 Å². The molecule has 0 saturated heterocycles. The lowest BCUT2D eigenvalue weighted by Crippen LogP contribution is -2.14. The first-order valence-corrected chi connectivity index (χ1v) is 4.67. The van der Waals surface area contributed by atoms with E-state index in [4.69, 9.17) is 15.4 Å². The average molecular weight is 223 g/mol. The van der Waals surface area contributed by atoms with Gasteiger partial charge >= 0.3 is 0 Å². The van der Waals surface area contributed by atoms with Crippen molar-refractivity contribution in [3.05, 3.63) is 36.0 Å². The molecule has 0 radical (unpaired) electrons. The minimum Gasteiger partial charge on any atom is -0.394 e. The second kappa shape index (κ2) is 4.38. The Kier molecular flexibility index (Phi) is 2.93. The van der Waals surface area contributed by atoms with E-state index in [9.17, 15) is 4.39 Å². The number of aromatic nitrogens is 2. The van der Waals surface area contributed by atoms with Gasteiger partial charge in [-0.2, -0.15) is 4.98 Å². The Morgan fingerprint density at radius 3 is 2.88 bits per heavy atom. The minimum atomic E-state index is -0.743. The van der Waals surface area contributed by atoms with Crippen LogP contribution in [0.2, 0.25) is 0 Å². The molecular weight excluding hydrogens is 213 g/mol. The molecule has 1 aromatic carbocycles. The summed E-state index contributed by atoms with van der Waals surface area (Å²) in [4.78, 5) is 3.91. The Morgan fingerprint density at radius 2 is 2.19 bits per heavy atom. The summed E-state index contributed by atoms with van der Waals surface area (Å²) in [5.74, 6) is -0.231. The van der Waals surface area contributed by atoms with Crippen LogP contribution >= 0.6 is 0 Å². The number of hydrogen-bond acceptors (Lipinski definition) is 5. The van der Waals surface area contributed by atoms with Crippen molar-refractivity contribution in [1.82, 2.24) is 10.1 Å². The predicted octanol–water partition coefficient (Wildman–Crippen LogP) is 0.868. The molecule has 5 nitrogen and oxygen atoms in total. The number of nitrogens with two attached hydrogens (primary N) is 1. The smallest absolute Gasteiger partial charge is 0.246 e. The van der Waals surface area contributed by atoms with Gasteiger partial charge in [-0.15, -0.1) is 0 Å². The number of benzene rings is 1. The predicted molar refractivity (Wildman–Crippen MR) is 53.7 cm³/mol. The Hall–Kier alpha value is -1.79. The van der Waals surface area contributed by atoms with Gasteiger partial charge in [-0.1, -0.05) is 17.3 Å². The monoisotopic (exact) mass is 223 g/mol. The molecule has 0 aliphatic carbocycles. The van der Waals surface area contributed by atoms with E-state index in [2.05, 4.69) is 10.1 Å². The Bertz CT molecular complexity index is 486. The molecule has 2 aromatic rings. The lowest BCUT2D eigenvalue weighted by molar-refractivity contribution is 0.237. The van der Waals surface area contributed by atoms with Crippen LogP contribution in [-0.2, 0) is 0 Å². The summed E-state index contributed by atoms with van der Waals surface area (Å²) in [7, 11) is 0. The number of nitrogens with zero attached hydrogens (tertiary/aromatic N) is 2. The molecule has 0 aliphatic heterocycles. The first-order chi connectivity index (χ1) is 7.72. The van der Waals surface area contributed by atoms with Crippen LogP contribution in [0.3, 0.4) is 0 Å². The lowest BCUT2D eigenvalue weighted by Gasteiger charge is -1.98. The summed E-state index contributed by atoms with van der Waals surface area (Å²) in [5, 5.41) is 12.4. The Morgan fingerprint density at radius 1 is 1.44 bits per heavy atom. The van der Waals surface area contributed by atoms with Gasteiger partial charge in [0.05, 0.1) is 12.2 Å². The fraction of sp³-hybridized carbons (Fsp3) is 0.200. The fourth-order valence-corrected chi connectivity index (χ4v) is 1.22. The van der Waals surface area contributed by atoms with Crippen LogP contribution in [0.15, 0.2) is 28.8 Å². The zero-order valence-corrected chi connectivity index (χ0v) is 8.30. The molecule has 1 aromatic heterocycles. The SMILES string of the molecule is N[C@H](CO)c1nc(-c2ccccc2F)no1. The maximum atomic E-state index is 13.4. The van der Waals surface area contributed by atoms with Crippen molar-refractivity contribution >= 4 is 0 Å². The van der Waals surface area contributed by atoms with Crippen LogP contribution in [0.25, 0.3) is 11.4 Å². The van der Waals surface area contributed by atoms with Crippen molar-refractivity contribution in [3.8, 4) is 11.4 Å². The maximum Gasteiger partial charge on any atom is 0.246 e. The highest BCUT2D eigenvalue weighted by atomic mass is 19.1. The Balaban J connectivity index is 2.35. The van der Waals surface area contributed by atoms with Gasteiger partial charge in [-0.25, -0.2) is 4.39 Å². The summed E-state index contributed by atoms with van der Waals surface area (Å²) >= 11 is 0. The highest BCUT2D eigenvalue weighted by molar-refractivity contribution is 5.54. The molecule has 2 rings (SSSR count). The topological polar surface area (TPSA) is 85.2 Å². The fourth-order valence-electron chi connectivity index (χ4n) is 1.22. The van der Waals surface area contributed by atoms with Crippen molar-refractivity contribution in [2.24, 2.45) is 5.73 Å². The molecule has 6 heteroatoms. The zero-order chi connectivity index (χ0) is 11.5. The molecule has 3 N–H and O–H groups in total. The number of aliphatic hydroxyl groups is 1. The average Bonchev–Trinajstić information content (AvgIpc) is 2.78. The van der Waals surface area contributed by atoms with Crippen molar-refractivity contribution in [2.75, 3.05) is 6.61 Å². The molecule has 0 fully saturated rings. The number of aliphatic hydroxyl groups excluding tert-OH is 1. The summed E-state index contributed by atoms with van der Waals surface area (Å²) in [6.45, 7) is -0.307. The first kappa shape index (κ1) is 10.7. The van der Waals surface area contributed by atoms with Gasteiger partial charge in [0.1, 0.15) is 11.9 Å². The third-order valence-corrected chi connectivity index (χ3v) is 2.07. The molecular formula is C10H10FN3O2. The van der Waals surface area contributed by atoms with Crippen molar-refractivity contribution in [3.63, 3.8) is 0 Å². The van der Waals surface area contributed by atoms with Crippen molar-refractivity contribution in [1.29, 1.82) is 0 Å². The van der Waals surface area contributed by atoms with Crippen LogP contribution in [0.1, 0.15) is 11.9 Å². The molecule has 1 atom stereocenters. The van der Waals surface area contributed by atoms with Gasteiger partial charge in [0.2, 0.25) is 11.7 Å². The highest BCUT2D eigenvalue weighted by Crippen LogP contribution is 2.20. The Labute approximate surface area is 90.7 Å². The molecule has 0 bridgehead atoms. The van der Waals surface area contributed by atoms with E-state index in [1.807, 2.05) is 0 Å². The molecule has 16 heavy (non-hydrogen) atoms.